The van der Waals surface area contributed by atoms with Gasteiger partial charge < -0.3 is 4.74 Å². The van der Waals surface area contributed by atoms with Crippen molar-refractivity contribution in [2.45, 2.75) is 30.2 Å². The van der Waals surface area contributed by atoms with Crippen molar-refractivity contribution in [2.24, 2.45) is 0 Å². The predicted octanol–water partition coefficient (Wildman–Crippen LogP) is 2.78. The molecule has 0 amide bonds. The summed E-state index contributed by atoms with van der Waals surface area (Å²) >= 11 is 3.62. The van der Waals surface area contributed by atoms with Crippen LogP contribution in [0.1, 0.15) is 19.3 Å². The molecule has 3 heteroatoms. The number of alkyl halides is 1. The van der Waals surface area contributed by atoms with Gasteiger partial charge in [-0.1, -0.05) is 15.9 Å². The van der Waals surface area contributed by atoms with Crippen LogP contribution in [-0.2, 0) is 0 Å². The van der Waals surface area contributed by atoms with Crippen molar-refractivity contribution in [1.29, 1.82) is 0 Å². The van der Waals surface area contributed by atoms with Gasteiger partial charge in [-0.3, -0.25) is 4.98 Å². The minimum Gasteiger partial charge on any atom is -0.488 e. The van der Waals surface area contributed by atoms with Crippen LogP contribution < -0.4 is 4.74 Å². The Morgan fingerprint density at radius 1 is 1.46 bits per heavy atom. The highest BCUT2D eigenvalue weighted by molar-refractivity contribution is 9.09. The molecule has 1 heterocycles. The van der Waals surface area contributed by atoms with Crippen molar-refractivity contribution in [1.82, 2.24) is 4.98 Å². The molecule has 0 aromatic carbocycles. The Balaban J connectivity index is 1.98. The van der Waals surface area contributed by atoms with Crippen molar-refractivity contribution in [3.63, 3.8) is 0 Å². The Hall–Kier alpha value is -0.570. The lowest BCUT2D eigenvalue weighted by Gasteiger charge is -2.15. The number of halogens is 1. The molecule has 1 aromatic rings. The van der Waals surface area contributed by atoms with E-state index in [1.165, 1.54) is 12.8 Å². The van der Waals surface area contributed by atoms with E-state index in [9.17, 15) is 0 Å². The van der Waals surface area contributed by atoms with Crippen molar-refractivity contribution in [2.75, 3.05) is 0 Å². The van der Waals surface area contributed by atoms with E-state index in [0.717, 1.165) is 12.2 Å². The molecule has 0 radical (unpaired) electrons. The van der Waals surface area contributed by atoms with Crippen LogP contribution in [0.3, 0.4) is 0 Å². The highest BCUT2D eigenvalue weighted by Gasteiger charge is 2.26. The second-order valence-electron chi connectivity index (χ2n) is 3.29. The van der Waals surface area contributed by atoms with Gasteiger partial charge >= 0.3 is 0 Å². The fourth-order valence-corrected chi connectivity index (χ4v) is 2.30. The second kappa shape index (κ2) is 4.09. The van der Waals surface area contributed by atoms with E-state index >= 15 is 0 Å². The third-order valence-electron chi connectivity index (χ3n) is 2.29. The normalized spacial score (nSPS) is 27.5. The maximum Gasteiger partial charge on any atom is 0.138 e. The third kappa shape index (κ3) is 2.21. The first-order valence-electron chi connectivity index (χ1n) is 4.57. The van der Waals surface area contributed by atoms with E-state index in [4.69, 9.17) is 4.74 Å². The molecule has 0 aliphatic heterocycles. The van der Waals surface area contributed by atoms with Crippen LogP contribution in [0.2, 0.25) is 0 Å². The SMILES string of the molecule is BrC1CCCC1Oc1cccnc1. The molecule has 2 atom stereocenters. The largest absolute Gasteiger partial charge is 0.488 e. The van der Waals surface area contributed by atoms with Crippen molar-refractivity contribution < 1.29 is 4.74 Å². The second-order valence-corrected chi connectivity index (χ2v) is 4.47. The number of hydrogen-bond acceptors (Lipinski definition) is 2. The van der Waals surface area contributed by atoms with Crippen LogP contribution in [0.15, 0.2) is 24.5 Å². The number of hydrogen-bond donors (Lipinski definition) is 0. The van der Waals surface area contributed by atoms with Gasteiger partial charge in [-0.25, -0.2) is 0 Å². The minimum absolute atomic E-state index is 0.323. The summed E-state index contributed by atoms with van der Waals surface area (Å²) in [6, 6.07) is 3.85. The van der Waals surface area contributed by atoms with Gasteiger partial charge in [0.15, 0.2) is 0 Å². The molecule has 2 nitrogen and oxygen atoms in total. The average Bonchev–Trinajstić information content (AvgIpc) is 2.54. The average molecular weight is 242 g/mol. The summed E-state index contributed by atoms with van der Waals surface area (Å²) in [6.07, 6.45) is 7.45. The molecule has 0 spiro atoms. The number of aromatic nitrogens is 1. The number of pyridine rings is 1. The highest BCUT2D eigenvalue weighted by atomic mass is 79.9. The Labute approximate surface area is 86.5 Å². The van der Waals surface area contributed by atoms with Crippen LogP contribution in [-0.4, -0.2) is 15.9 Å². The van der Waals surface area contributed by atoms with Gasteiger partial charge in [-0.15, -0.1) is 0 Å². The monoisotopic (exact) mass is 241 g/mol. The summed E-state index contributed by atoms with van der Waals surface area (Å²) in [7, 11) is 0. The molecule has 2 rings (SSSR count). The van der Waals surface area contributed by atoms with Gasteiger partial charge in [0, 0.05) is 6.20 Å². The van der Waals surface area contributed by atoms with Crippen LogP contribution >= 0.6 is 15.9 Å². The highest BCUT2D eigenvalue weighted by Crippen LogP contribution is 2.29. The Kier molecular flexibility index (Phi) is 2.83. The van der Waals surface area contributed by atoms with Crippen molar-refractivity contribution in [3.05, 3.63) is 24.5 Å². The first kappa shape index (κ1) is 9.00. The summed E-state index contributed by atoms with van der Waals surface area (Å²) in [5.74, 6) is 0.874. The van der Waals surface area contributed by atoms with Crippen molar-refractivity contribution in [3.8, 4) is 5.75 Å². The van der Waals surface area contributed by atoms with Crippen LogP contribution in [0, 0.1) is 0 Å². The Morgan fingerprint density at radius 3 is 3.00 bits per heavy atom. The van der Waals surface area contributed by atoms with Gasteiger partial charge in [-0.2, -0.15) is 0 Å². The smallest absolute Gasteiger partial charge is 0.138 e. The predicted molar refractivity (Wildman–Crippen MR) is 55.2 cm³/mol. The molecule has 1 aliphatic carbocycles. The topological polar surface area (TPSA) is 22.1 Å². The van der Waals surface area contributed by atoms with Crippen LogP contribution in [0.4, 0.5) is 0 Å². The van der Waals surface area contributed by atoms with Crippen molar-refractivity contribution >= 4 is 15.9 Å². The summed E-state index contributed by atoms with van der Waals surface area (Å²) in [5, 5.41) is 0. The zero-order valence-corrected chi connectivity index (χ0v) is 8.90. The van der Waals surface area contributed by atoms with E-state index in [-0.39, 0.29) is 0 Å². The fraction of sp³-hybridized carbons (Fsp3) is 0.500. The maximum absolute atomic E-state index is 5.78. The molecule has 0 N–H and O–H groups in total. The van der Waals surface area contributed by atoms with Gasteiger partial charge in [0.2, 0.25) is 0 Å². The summed E-state index contributed by atoms with van der Waals surface area (Å²) in [5.41, 5.74) is 0. The zero-order chi connectivity index (χ0) is 9.10. The lowest BCUT2D eigenvalue weighted by molar-refractivity contribution is 0.215. The first-order valence-corrected chi connectivity index (χ1v) is 5.48. The quantitative estimate of drug-likeness (QED) is 0.744. The van der Waals surface area contributed by atoms with E-state index in [1.807, 2.05) is 12.1 Å². The molecular weight excluding hydrogens is 230 g/mol. The molecule has 1 saturated carbocycles. The van der Waals surface area contributed by atoms with E-state index < -0.39 is 0 Å². The molecule has 0 bridgehead atoms. The standard InChI is InChI=1S/C10H12BrNO/c11-9-4-1-5-10(9)13-8-3-2-6-12-7-8/h2-3,6-7,9-10H,1,4-5H2. The molecule has 70 valence electrons. The number of rotatable bonds is 2. The number of ether oxygens (including phenoxy) is 1. The van der Waals surface area contributed by atoms with Gasteiger partial charge in [0.1, 0.15) is 11.9 Å². The summed E-state index contributed by atoms with van der Waals surface area (Å²) in [6.45, 7) is 0. The summed E-state index contributed by atoms with van der Waals surface area (Å²) in [4.78, 5) is 4.52. The minimum atomic E-state index is 0.323. The van der Waals surface area contributed by atoms with Crippen LogP contribution in [0.25, 0.3) is 0 Å². The van der Waals surface area contributed by atoms with Crippen LogP contribution in [0.5, 0.6) is 5.75 Å². The van der Waals surface area contributed by atoms with E-state index in [2.05, 4.69) is 20.9 Å². The Morgan fingerprint density at radius 2 is 2.38 bits per heavy atom. The van der Waals surface area contributed by atoms with Gasteiger partial charge in [0.25, 0.3) is 0 Å². The fourth-order valence-electron chi connectivity index (χ4n) is 1.61. The third-order valence-corrected chi connectivity index (χ3v) is 3.34. The molecule has 0 saturated heterocycles. The number of nitrogens with zero attached hydrogens (tertiary/aromatic N) is 1. The molecule has 13 heavy (non-hydrogen) atoms. The molecule has 1 aromatic heterocycles. The van der Waals surface area contributed by atoms with E-state index in [1.54, 1.807) is 12.4 Å². The molecule has 1 fully saturated rings. The molecular formula is C10H12BrNO. The lowest BCUT2D eigenvalue weighted by atomic mass is 10.3. The molecule has 2 unspecified atom stereocenters. The van der Waals surface area contributed by atoms with Gasteiger partial charge in [0.05, 0.1) is 11.0 Å². The van der Waals surface area contributed by atoms with Gasteiger partial charge in [-0.05, 0) is 31.4 Å². The Bertz CT molecular complexity index is 265. The van der Waals surface area contributed by atoms with E-state index in [0.29, 0.717) is 10.9 Å². The lowest BCUT2D eigenvalue weighted by Crippen LogP contribution is -2.20. The summed E-state index contributed by atoms with van der Waals surface area (Å²) < 4.78 is 5.78. The zero-order valence-electron chi connectivity index (χ0n) is 7.32. The first-order chi connectivity index (χ1) is 6.36. The maximum atomic E-state index is 5.78. The molecule has 1 aliphatic rings.